The van der Waals surface area contributed by atoms with Gasteiger partial charge in [-0.3, -0.25) is 0 Å². The molecule has 0 radical (unpaired) electrons. The van der Waals surface area contributed by atoms with E-state index >= 15 is 0 Å². The summed E-state index contributed by atoms with van der Waals surface area (Å²) in [6, 6.07) is 10.1. The highest BCUT2D eigenvalue weighted by atomic mass is 31.2. The van der Waals surface area contributed by atoms with Gasteiger partial charge in [-0.2, -0.15) is 0 Å². The van der Waals surface area contributed by atoms with E-state index in [-0.39, 0.29) is 0 Å². The average Bonchev–Trinajstić information content (AvgIpc) is 2.49. The second kappa shape index (κ2) is 6.30. The summed E-state index contributed by atoms with van der Waals surface area (Å²) >= 11 is 0. The van der Waals surface area contributed by atoms with Gasteiger partial charge in [0, 0.05) is 11.5 Å². The minimum absolute atomic E-state index is 0.546. The molecule has 2 bridgehead atoms. The van der Waals surface area contributed by atoms with Crippen LogP contribution in [0.1, 0.15) is 43.2 Å². The molecule has 0 spiro atoms. The second-order valence-electron chi connectivity index (χ2n) is 7.18. The highest BCUT2D eigenvalue weighted by molar-refractivity contribution is 7.45. The Morgan fingerprint density at radius 1 is 1.17 bits per heavy atom. The van der Waals surface area contributed by atoms with Crippen molar-refractivity contribution < 1.29 is 19.2 Å². The van der Waals surface area contributed by atoms with E-state index in [9.17, 15) is 0 Å². The van der Waals surface area contributed by atoms with E-state index in [1.165, 1.54) is 45.1 Å². The van der Waals surface area contributed by atoms with E-state index < -0.39 is 7.82 Å². The maximum Gasteiger partial charge on any atom is 0.466 e. The van der Waals surface area contributed by atoms with Crippen molar-refractivity contribution in [2.75, 3.05) is 13.6 Å². The van der Waals surface area contributed by atoms with Crippen molar-refractivity contribution in [2.45, 2.75) is 50.0 Å². The number of nitrogens with zero attached hydrogens (tertiary/aromatic N) is 1. The summed E-state index contributed by atoms with van der Waals surface area (Å²) < 4.78 is 8.88. The fourth-order valence-electron chi connectivity index (χ4n) is 5.16. The quantitative estimate of drug-likeness (QED) is 0.633. The largest absolute Gasteiger partial charge is 0.466 e. The molecule has 3 aliphatic rings. The van der Waals surface area contributed by atoms with Gasteiger partial charge in [-0.1, -0.05) is 37.1 Å². The number of benzene rings is 1. The van der Waals surface area contributed by atoms with Crippen LogP contribution < -0.4 is 0 Å². The standard InChI is InChI=1S/C17H23N.H3O4P/c1-18-11-10-17-9-5-4-8-15(17)16(18)12-13-6-2-3-7-14(13)17;1-5(2,3)4/h2-3,6-7,15-16H,4-5,8-12H2,1H3;(H3,1,2,3,4)/t15-,16+,17-;/m0./s1. The van der Waals surface area contributed by atoms with Gasteiger partial charge in [-0.15, -0.1) is 0 Å². The summed E-state index contributed by atoms with van der Waals surface area (Å²) in [6.07, 6.45) is 8.49. The van der Waals surface area contributed by atoms with E-state index in [1.807, 2.05) is 0 Å². The van der Waals surface area contributed by atoms with E-state index in [4.69, 9.17) is 19.2 Å². The third-order valence-electron chi connectivity index (χ3n) is 6.02. The zero-order chi connectivity index (χ0) is 16.7. The number of rotatable bonds is 0. The molecule has 0 unspecified atom stereocenters. The van der Waals surface area contributed by atoms with Gasteiger partial charge >= 0.3 is 7.82 Å². The zero-order valence-corrected chi connectivity index (χ0v) is 14.5. The molecular weight excluding hydrogens is 313 g/mol. The van der Waals surface area contributed by atoms with E-state index in [1.54, 1.807) is 11.1 Å². The van der Waals surface area contributed by atoms with Gasteiger partial charge in [-0.25, -0.2) is 4.57 Å². The van der Waals surface area contributed by atoms with Crippen LogP contribution in [0.4, 0.5) is 0 Å². The van der Waals surface area contributed by atoms with Crippen molar-refractivity contribution in [3.8, 4) is 0 Å². The first kappa shape index (κ1) is 17.1. The Balaban J connectivity index is 0.000000276. The maximum absolute atomic E-state index is 8.88. The Hall–Kier alpha value is -0.710. The van der Waals surface area contributed by atoms with Gasteiger partial charge in [0.1, 0.15) is 0 Å². The van der Waals surface area contributed by atoms with Crippen molar-refractivity contribution in [2.24, 2.45) is 5.92 Å². The van der Waals surface area contributed by atoms with Gasteiger partial charge in [0.15, 0.2) is 0 Å². The predicted octanol–water partition coefficient (Wildman–Crippen LogP) is 2.45. The van der Waals surface area contributed by atoms with Crippen LogP contribution in [-0.2, 0) is 16.4 Å². The number of fused-ring (bicyclic) bond motifs is 1. The lowest BCUT2D eigenvalue weighted by Gasteiger charge is -2.58. The summed E-state index contributed by atoms with van der Waals surface area (Å²) in [4.78, 5) is 24.2. The summed E-state index contributed by atoms with van der Waals surface area (Å²) in [5, 5.41) is 0. The summed E-state index contributed by atoms with van der Waals surface area (Å²) in [6.45, 7) is 1.30. The highest BCUT2D eigenvalue weighted by Crippen LogP contribution is 2.55. The molecule has 23 heavy (non-hydrogen) atoms. The maximum atomic E-state index is 8.88. The summed E-state index contributed by atoms with van der Waals surface area (Å²) in [7, 11) is -2.29. The normalized spacial score (nSPS) is 33.0. The van der Waals surface area contributed by atoms with Crippen molar-refractivity contribution in [3.05, 3.63) is 35.4 Å². The number of piperidine rings is 1. The van der Waals surface area contributed by atoms with Crippen LogP contribution in [-0.4, -0.2) is 39.2 Å². The lowest BCUT2D eigenvalue weighted by Crippen LogP contribution is -2.59. The molecule has 5 nitrogen and oxygen atoms in total. The first-order chi connectivity index (χ1) is 10.8. The Labute approximate surface area is 137 Å². The van der Waals surface area contributed by atoms with Gasteiger partial charge < -0.3 is 19.6 Å². The Morgan fingerprint density at radius 2 is 1.87 bits per heavy atom. The molecule has 1 aromatic rings. The molecule has 2 aliphatic carbocycles. The minimum atomic E-state index is -4.64. The van der Waals surface area contributed by atoms with Gasteiger partial charge in [0.05, 0.1) is 0 Å². The lowest BCUT2D eigenvalue weighted by atomic mass is 9.52. The van der Waals surface area contributed by atoms with Crippen LogP contribution in [0.3, 0.4) is 0 Å². The first-order valence-corrected chi connectivity index (χ1v) is 9.95. The van der Waals surface area contributed by atoms with Crippen molar-refractivity contribution in [3.63, 3.8) is 0 Å². The number of likely N-dealkylation sites (tertiary alicyclic amines) is 1. The monoisotopic (exact) mass is 339 g/mol. The van der Waals surface area contributed by atoms with Crippen molar-refractivity contribution in [1.29, 1.82) is 0 Å². The number of likely N-dealkylation sites (N-methyl/N-ethyl adjacent to an activating group) is 1. The molecule has 2 fully saturated rings. The van der Waals surface area contributed by atoms with Crippen LogP contribution >= 0.6 is 7.82 Å². The van der Waals surface area contributed by atoms with E-state index in [0.29, 0.717) is 5.41 Å². The molecule has 128 valence electrons. The number of hydrogen-bond acceptors (Lipinski definition) is 2. The average molecular weight is 339 g/mol. The second-order valence-corrected chi connectivity index (χ2v) is 8.21. The Kier molecular flexibility index (Phi) is 4.69. The fourth-order valence-corrected chi connectivity index (χ4v) is 5.16. The SMILES string of the molecule is CN1CC[C@]23CCCC[C@H]2[C@H]1Cc1ccccc13.O=P(O)(O)O. The third kappa shape index (κ3) is 3.40. The molecule has 1 aromatic carbocycles. The molecule has 6 heteroatoms. The minimum Gasteiger partial charge on any atom is -0.303 e. The van der Waals surface area contributed by atoms with Crippen LogP contribution in [0.15, 0.2) is 24.3 Å². The summed E-state index contributed by atoms with van der Waals surface area (Å²) in [5.74, 6) is 0.930. The lowest BCUT2D eigenvalue weighted by molar-refractivity contribution is 0.00286. The highest BCUT2D eigenvalue weighted by Gasteiger charge is 2.52. The molecule has 3 N–H and O–H groups in total. The molecule has 1 heterocycles. The van der Waals surface area contributed by atoms with Crippen LogP contribution in [0.2, 0.25) is 0 Å². The fraction of sp³-hybridized carbons (Fsp3) is 0.647. The van der Waals surface area contributed by atoms with E-state index in [0.717, 1.165) is 12.0 Å². The van der Waals surface area contributed by atoms with Crippen LogP contribution in [0.5, 0.6) is 0 Å². The van der Waals surface area contributed by atoms with Crippen LogP contribution in [0, 0.1) is 5.92 Å². The predicted molar refractivity (Wildman–Crippen MR) is 89.1 cm³/mol. The zero-order valence-electron chi connectivity index (χ0n) is 13.6. The molecular formula is C17H26NO4P. The van der Waals surface area contributed by atoms with Crippen molar-refractivity contribution in [1.82, 2.24) is 4.90 Å². The molecule has 1 saturated carbocycles. The molecule has 0 aromatic heterocycles. The van der Waals surface area contributed by atoms with Gasteiger partial charge in [0.25, 0.3) is 0 Å². The number of hydrogen-bond donors (Lipinski definition) is 3. The number of phosphoric acid groups is 1. The third-order valence-corrected chi connectivity index (χ3v) is 6.02. The molecule has 4 rings (SSSR count). The molecule has 0 amide bonds. The van der Waals surface area contributed by atoms with Gasteiger partial charge in [0.2, 0.25) is 0 Å². The first-order valence-electron chi connectivity index (χ1n) is 8.38. The Morgan fingerprint density at radius 3 is 2.61 bits per heavy atom. The smallest absolute Gasteiger partial charge is 0.303 e. The Bertz CT molecular complexity index is 608. The van der Waals surface area contributed by atoms with Crippen molar-refractivity contribution >= 4 is 7.82 Å². The summed E-state index contributed by atoms with van der Waals surface area (Å²) in [5.41, 5.74) is 3.91. The van der Waals surface area contributed by atoms with Gasteiger partial charge in [-0.05, 0) is 56.3 Å². The van der Waals surface area contributed by atoms with Crippen LogP contribution in [0.25, 0.3) is 0 Å². The molecule has 3 atom stereocenters. The van der Waals surface area contributed by atoms with E-state index in [2.05, 4.69) is 36.2 Å². The molecule has 1 aliphatic heterocycles. The molecule has 1 saturated heterocycles. The topological polar surface area (TPSA) is 81.0 Å².